The summed E-state index contributed by atoms with van der Waals surface area (Å²) < 4.78 is 28.0. The maximum absolute atomic E-state index is 13.3. The maximum Gasteiger partial charge on any atom is 0.257 e. The summed E-state index contributed by atoms with van der Waals surface area (Å²) in [7, 11) is -3.81. The summed E-state index contributed by atoms with van der Waals surface area (Å²) in [4.78, 5) is 12.4. The van der Waals surface area contributed by atoms with Crippen LogP contribution >= 0.6 is 22.9 Å². The Morgan fingerprint density at radius 1 is 1.16 bits per heavy atom. The van der Waals surface area contributed by atoms with Gasteiger partial charge in [0.25, 0.3) is 5.91 Å². The molecule has 2 heterocycles. The summed E-state index contributed by atoms with van der Waals surface area (Å²) in [5.74, 6) is -0.0280. The number of amides is 1. The van der Waals surface area contributed by atoms with Gasteiger partial charge in [0.2, 0.25) is 15.2 Å². The Hall–Kier alpha value is -2.33. The van der Waals surface area contributed by atoms with E-state index in [4.69, 9.17) is 11.6 Å². The third-order valence-corrected chi connectivity index (χ3v) is 8.32. The molecule has 0 saturated carbocycles. The van der Waals surface area contributed by atoms with Crippen molar-refractivity contribution in [3.8, 4) is 0 Å². The van der Waals surface area contributed by atoms with E-state index in [-0.39, 0.29) is 15.5 Å². The van der Waals surface area contributed by atoms with Gasteiger partial charge in [-0.25, -0.2) is 8.42 Å². The molecule has 0 spiro atoms. The fourth-order valence-electron chi connectivity index (χ4n) is 3.68. The van der Waals surface area contributed by atoms with Crippen LogP contribution in [0.15, 0.2) is 58.9 Å². The van der Waals surface area contributed by atoms with E-state index in [1.165, 1.54) is 44.9 Å². The number of carbonyl (C=O) groups is 1. The fraction of sp³-hybridized carbons (Fsp3) is 0.286. The van der Waals surface area contributed by atoms with Crippen molar-refractivity contribution in [3.05, 3.63) is 70.2 Å². The van der Waals surface area contributed by atoms with Gasteiger partial charge in [0, 0.05) is 18.7 Å². The zero-order valence-electron chi connectivity index (χ0n) is 16.6. The van der Waals surface area contributed by atoms with Crippen LogP contribution in [0.5, 0.6) is 0 Å². The van der Waals surface area contributed by atoms with E-state index in [9.17, 15) is 13.2 Å². The normalized spacial score (nSPS) is 15.6. The van der Waals surface area contributed by atoms with E-state index < -0.39 is 15.9 Å². The van der Waals surface area contributed by atoms with Crippen LogP contribution in [0.4, 0.5) is 5.13 Å². The van der Waals surface area contributed by atoms with Crippen LogP contribution in [0.3, 0.4) is 0 Å². The van der Waals surface area contributed by atoms with Crippen LogP contribution in [0, 0.1) is 5.92 Å². The zero-order chi connectivity index (χ0) is 21.8. The number of anilines is 1. The van der Waals surface area contributed by atoms with Crippen LogP contribution in [-0.4, -0.2) is 41.9 Å². The molecule has 0 radical (unpaired) electrons. The van der Waals surface area contributed by atoms with Crippen LogP contribution in [0.2, 0.25) is 5.02 Å². The van der Waals surface area contributed by atoms with E-state index in [2.05, 4.69) is 27.6 Å². The van der Waals surface area contributed by atoms with Crippen molar-refractivity contribution < 1.29 is 13.2 Å². The van der Waals surface area contributed by atoms with Crippen molar-refractivity contribution in [1.82, 2.24) is 14.5 Å². The summed E-state index contributed by atoms with van der Waals surface area (Å²) in [6, 6.07) is 14.5. The first-order valence-electron chi connectivity index (χ1n) is 9.84. The number of aromatic nitrogens is 2. The summed E-state index contributed by atoms with van der Waals surface area (Å²) in [6.45, 7) is 0.856. The van der Waals surface area contributed by atoms with Gasteiger partial charge in [-0.2, -0.15) is 4.31 Å². The van der Waals surface area contributed by atoms with Gasteiger partial charge >= 0.3 is 0 Å². The average molecular weight is 477 g/mol. The molecule has 7 nitrogen and oxygen atoms in total. The minimum absolute atomic E-state index is 0.0550. The first kappa shape index (κ1) is 21.9. The number of rotatable bonds is 6. The Labute approximate surface area is 190 Å². The quantitative estimate of drug-likeness (QED) is 0.578. The largest absolute Gasteiger partial charge is 0.296 e. The van der Waals surface area contributed by atoms with Gasteiger partial charge in [-0.1, -0.05) is 53.3 Å². The third-order valence-electron chi connectivity index (χ3n) is 5.33. The lowest BCUT2D eigenvalue weighted by Gasteiger charge is -2.31. The SMILES string of the molecule is O=C(Nc1nncs1)c1ccc(Cl)c(S(=O)(=O)N2CCC(Cc3ccccc3)CC2)c1. The van der Waals surface area contributed by atoms with Crippen molar-refractivity contribution >= 4 is 44.0 Å². The number of nitrogens with one attached hydrogen (secondary N) is 1. The van der Waals surface area contributed by atoms with Gasteiger partial charge in [0.15, 0.2) is 0 Å². The topological polar surface area (TPSA) is 92.3 Å². The maximum atomic E-state index is 13.3. The van der Waals surface area contributed by atoms with Crippen LogP contribution in [0.1, 0.15) is 28.8 Å². The minimum Gasteiger partial charge on any atom is -0.296 e. The Kier molecular flexibility index (Phi) is 6.66. The number of carbonyl (C=O) groups excluding carboxylic acids is 1. The molecule has 10 heteroatoms. The highest BCUT2D eigenvalue weighted by Crippen LogP contribution is 2.30. The molecular formula is C21H21ClN4O3S2. The zero-order valence-corrected chi connectivity index (χ0v) is 19.0. The molecule has 1 fully saturated rings. The molecule has 3 aromatic rings. The molecule has 1 aliphatic heterocycles. The number of sulfonamides is 1. The monoisotopic (exact) mass is 476 g/mol. The molecule has 0 atom stereocenters. The molecule has 0 bridgehead atoms. The van der Waals surface area contributed by atoms with Crippen LogP contribution in [-0.2, 0) is 16.4 Å². The molecule has 1 aliphatic rings. The Balaban J connectivity index is 1.46. The smallest absolute Gasteiger partial charge is 0.257 e. The predicted molar refractivity (Wildman–Crippen MR) is 121 cm³/mol. The second-order valence-electron chi connectivity index (χ2n) is 7.38. The second kappa shape index (κ2) is 9.44. The van der Waals surface area contributed by atoms with Crippen molar-refractivity contribution in [2.45, 2.75) is 24.2 Å². The number of halogens is 1. The molecule has 0 aliphatic carbocycles. The molecule has 1 N–H and O–H groups in total. The third kappa shape index (κ3) is 5.12. The summed E-state index contributed by atoms with van der Waals surface area (Å²) in [5, 5.41) is 10.5. The van der Waals surface area contributed by atoms with Crippen molar-refractivity contribution in [1.29, 1.82) is 0 Å². The van der Waals surface area contributed by atoms with Crippen LogP contribution in [0.25, 0.3) is 0 Å². The molecule has 1 aromatic heterocycles. The average Bonchev–Trinajstić information content (AvgIpc) is 3.28. The van der Waals surface area contributed by atoms with Gasteiger partial charge in [-0.3, -0.25) is 10.1 Å². The van der Waals surface area contributed by atoms with E-state index in [1.807, 2.05) is 18.2 Å². The lowest BCUT2D eigenvalue weighted by molar-refractivity contribution is 0.102. The highest BCUT2D eigenvalue weighted by molar-refractivity contribution is 7.89. The number of piperidine rings is 1. The standard InChI is InChI=1S/C21H21ClN4O3S2/c22-18-7-6-17(20(27)24-21-25-23-14-30-21)13-19(18)31(28,29)26-10-8-16(9-11-26)12-15-4-2-1-3-5-15/h1-7,13-14,16H,8-12H2,(H,24,25,27). The van der Waals surface area contributed by atoms with E-state index in [0.717, 1.165) is 19.3 Å². The lowest BCUT2D eigenvalue weighted by atomic mass is 9.91. The first-order chi connectivity index (χ1) is 14.9. The van der Waals surface area contributed by atoms with Crippen molar-refractivity contribution in [2.75, 3.05) is 18.4 Å². The molecule has 2 aromatic carbocycles. The molecule has 0 unspecified atom stereocenters. The van der Waals surface area contributed by atoms with Crippen LogP contribution < -0.4 is 5.32 Å². The summed E-state index contributed by atoms with van der Waals surface area (Å²) in [6.07, 6.45) is 2.50. The summed E-state index contributed by atoms with van der Waals surface area (Å²) >= 11 is 7.40. The van der Waals surface area contributed by atoms with Crippen molar-refractivity contribution in [3.63, 3.8) is 0 Å². The Bertz CT molecular complexity index is 1150. The number of benzene rings is 2. The molecule has 1 amide bonds. The molecule has 162 valence electrons. The number of hydrogen-bond donors (Lipinski definition) is 1. The predicted octanol–water partition coefficient (Wildman–Crippen LogP) is 4.09. The Morgan fingerprint density at radius 3 is 2.58 bits per heavy atom. The van der Waals surface area contributed by atoms with Gasteiger partial charge in [0.05, 0.1) is 5.02 Å². The molecular weight excluding hydrogens is 456 g/mol. The summed E-state index contributed by atoms with van der Waals surface area (Å²) in [5.41, 5.74) is 2.95. The van der Waals surface area contributed by atoms with E-state index in [1.54, 1.807) is 0 Å². The number of hydrogen-bond acceptors (Lipinski definition) is 6. The molecule has 4 rings (SSSR count). The van der Waals surface area contributed by atoms with E-state index in [0.29, 0.717) is 24.1 Å². The highest BCUT2D eigenvalue weighted by Gasteiger charge is 2.31. The number of nitrogens with zero attached hydrogens (tertiary/aromatic N) is 3. The first-order valence-corrected chi connectivity index (χ1v) is 12.5. The second-order valence-corrected chi connectivity index (χ2v) is 10.5. The Morgan fingerprint density at radius 2 is 1.90 bits per heavy atom. The van der Waals surface area contributed by atoms with Crippen molar-refractivity contribution in [2.24, 2.45) is 5.92 Å². The molecule has 31 heavy (non-hydrogen) atoms. The fourth-order valence-corrected chi connectivity index (χ4v) is 6.09. The van der Waals surface area contributed by atoms with E-state index >= 15 is 0 Å². The lowest BCUT2D eigenvalue weighted by Crippen LogP contribution is -2.39. The highest BCUT2D eigenvalue weighted by atomic mass is 35.5. The van der Waals surface area contributed by atoms with Gasteiger partial charge in [-0.15, -0.1) is 10.2 Å². The van der Waals surface area contributed by atoms with Gasteiger partial charge < -0.3 is 0 Å². The molecule has 1 saturated heterocycles. The van der Waals surface area contributed by atoms with Gasteiger partial charge in [0.1, 0.15) is 10.4 Å². The van der Waals surface area contributed by atoms with Gasteiger partial charge in [-0.05, 0) is 48.9 Å². The minimum atomic E-state index is -3.81.